The molecule has 0 radical (unpaired) electrons. The van der Waals surface area contributed by atoms with Gasteiger partial charge in [0.15, 0.2) is 5.82 Å². The van der Waals surface area contributed by atoms with Gasteiger partial charge in [0.1, 0.15) is 0 Å². The summed E-state index contributed by atoms with van der Waals surface area (Å²) in [5.41, 5.74) is 1.44. The highest BCUT2D eigenvalue weighted by molar-refractivity contribution is 5.89. The predicted molar refractivity (Wildman–Crippen MR) is 80.8 cm³/mol. The fourth-order valence-corrected chi connectivity index (χ4v) is 1.79. The van der Waals surface area contributed by atoms with Gasteiger partial charge in [0.2, 0.25) is 0 Å². The first-order chi connectivity index (χ1) is 10.2. The maximum Gasteiger partial charge on any atom is 0.319 e. The number of amides is 2. The molecule has 2 rings (SSSR count). The molecule has 6 heteroatoms. The fourth-order valence-electron chi connectivity index (χ4n) is 1.79. The second-order valence-corrected chi connectivity index (χ2v) is 4.67. The van der Waals surface area contributed by atoms with Gasteiger partial charge in [0.25, 0.3) is 0 Å². The average molecular weight is 286 g/mol. The molecule has 0 saturated heterocycles. The van der Waals surface area contributed by atoms with Crippen LogP contribution in [0.25, 0.3) is 11.4 Å². The van der Waals surface area contributed by atoms with Gasteiger partial charge in [-0.05, 0) is 13.3 Å². The van der Waals surface area contributed by atoms with Gasteiger partial charge < -0.3 is 15.7 Å². The van der Waals surface area contributed by atoms with Crippen LogP contribution in [-0.4, -0.2) is 33.8 Å². The number of nitrogens with one attached hydrogen (secondary N) is 2. The van der Waals surface area contributed by atoms with Crippen LogP contribution in [0, 0.1) is 0 Å². The van der Waals surface area contributed by atoms with Gasteiger partial charge in [0.05, 0.1) is 18.1 Å². The van der Waals surface area contributed by atoms with Crippen molar-refractivity contribution in [1.82, 2.24) is 15.3 Å². The van der Waals surface area contributed by atoms with Crippen molar-refractivity contribution in [3.05, 3.63) is 42.7 Å². The number of carbonyl (C=O) groups is 1. The Hall–Kier alpha value is -2.47. The average Bonchev–Trinajstić information content (AvgIpc) is 2.49. The second-order valence-electron chi connectivity index (χ2n) is 4.67. The van der Waals surface area contributed by atoms with Crippen molar-refractivity contribution in [1.29, 1.82) is 0 Å². The van der Waals surface area contributed by atoms with Crippen molar-refractivity contribution >= 4 is 11.7 Å². The van der Waals surface area contributed by atoms with E-state index in [0.29, 0.717) is 17.9 Å². The maximum atomic E-state index is 11.7. The number of hydrogen-bond acceptors (Lipinski definition) is 4. The summed E-state index contributed by atoms with van der Waals surface area (Å²) >= 11 is 0. The van der Waals surface area contributed by atoms with E-state index in [4.69, 9.17) is 5.11 Å². The van der Waals surface area contributed by atoms with Crippen molar-refractivity contribution < 1.29 is 9.90 Å². The molecule has 0 spiro atoms. The lowest BCUT2D eigenvalue weighted by Gasteiger charge is -2.13. The van der Waals surface area contributed by atoms with Crippen LogP contribution in [0.5, 0.6) is 0 Å². The van der Waals surface area contributed by atoms with Crippen LogP contribution >= 0.6 is 0 Å². The third-order valence-corrected chi connectivity index (χ3v) is 2.88. The summed E-state index contributed by atoms with van der Waals surface area (Å²) in [5.74, 6) is 0.607. The van der Waals surface area contributed by atoms with Crippen LogP contribution in [0.3, 0.4) is 0 Å². The fraction of sp³-hybridized carbons (Fsp3) is 0.267. The summed E-state index contributed by atoms with van der Waals surface area (Å²) < 4.78 is 0. The first-order valence-corrected chi connectivity index (χ1v) is 6.75. The Labute approximate surface area is 123 Å². The van der Waals surface area contributed by atoms with Crippen LogP contribution in [0.2, 0.25) is 0 Å². The number of aliphatic hydroxyl groups is 1. The van der Waals surface area contributed by atoms with Crippen molar-refractivity contribution in [3.8, 4) is 11.4 Å². The molecular formula is C15H18N4O2. The molecule has 1 heterocycles. The van der Waals surface area contributed by atoms with E-state index in [1.54, 1.807) is 12.4 Å². The first-order valence-electron chi connectivity index (χ1n) is 6.75. The van der Waals surface area contributed by atoms with E-state index < -0.39 is 0 Å². The Balaban J connectivity index is 1.95. The van der Waals surface area contributed by atoms with Gasteiger partial charge in [0, 0.05) is 18.2 Å². The van der Waals surface area contributed by atoms with Crippen LogP contribution in [0.15, 0.2) is 42.7 Å². The summed E-state index contributed by atoms with van der Waals surface area (Å²) in [6.45, 7) is 1.86. The topological polar surface area (TPSA) is 87.1 Å². The van der Waals surface area contributed by atoms with E-state index >= 15 is 0 Å². The Morgan fingerprint density at radius 2 is 1.90 bits per heavy atom. The number of rotatable bonds is 5. The molecule has 2 aromatic rings. The Morgan fingerprint density at radius 3 is 2.52 bits per heavy atom. The normalized spacial score (nSPS) is 11.7. The smallest absolute Gasteiger partial charge is 0.319 e. The summed E-state index contributed by atoms with van der Waals surface area (Å²) in [4.78, 5) is 20.1. The van der Waals surface area contributed by atoms with Gasteiger partial charge in [-0.1, -0.05) is 30.3 Å². The lowest BCUT2D eigenvalue weighted by molar-refractivity contribution is 0.241. The number of nitrogens with zero attached hydrogens (tertiary/aromatic N) is 2. The van der Waals surface area contributed by atoms with Crippen molar-refractivity contribution in [2.45, 2.75) is 19.4 Å². The zero-order valence-corrected chi connectivity index (χ0v) is 11.8. The highest BCUT2D eigenvalue weighted by Crippen LogP contribution is 2.14. The van der Waals surface area contributed by atoms with Crippen LogP contribution in [-0.2, 0) is 0 Å². The minimum absolute atomic E-state index is 0.0380. The molecular weight excluding hydrogens is 268 g/mol. The number of carbonyl (C=O) groups excluding carboxylic acids is 1. The number of anilines is 1. The number of aromatic nitrogens is 2. The van der Waals surface area contributed by atoms with Gasteiger partial charge in [-0.2, -0.15) is 0 Å². The summed E-state index contributed by atoms with van der Waals surface area (Å²) in [6, 6.07) is 9.17. The van der Waals surface area contributed by atoms with E-state index in [1.807, 2.05) is 37.3 Å². The van der Waals surface area contributed by atoms with Crippen molar-refractivity contribution in [2.75, 3.05) is 11.9 Å². The SMILES string of the molecule is C[C@H](CCO)NC(=O)Nc1cnc(-c2ccccc2)nc1. The molecule has 0 fully saturated rings. The molecule has 0 aliphatic heterocycles. The van der Waals surface area contributed by atoms with Crippen LogP contribution < -0.4 is 10.6 Å². The van der Waals surface area contributed by atoms with Gasteiger partial charge in [-0.25, -0.2) is 14.8 Å². The molecule has 0 aliphatic rings. The standard InChI is InChI=1S/C15H18N4O2/c1-11(7-8-20)18-15(21)19-13-9-16-14(17-10-13)12-5-3-2-4-6-12/h2-6,9-11,20H,7-8H2,1H3,(H2,18,19,21)/t11-/m1/s1. The van der Waals surface area contributed by atoms with E-state index in [2.05, 4.69) is 20.6 Å². The molecule has 0 bridgehead atoms. The highest BCUT2D eigenvalue weighted by Gasteiger charge is 2.07. The van der Waals surface area contributed by atoms with Gasteiger partial charge >= 0.3 is 6.03 Å². The third kappa shape index (κ3) is 4.54. The number of urea groups is 1. The second kappa shape index (κ2) is 7.35. The Morgan fingerprint density at radius 1 is 1.24 bits per heavy atom. The minimum Gasteiger partial charge on any atom is -0.396 e. The van der Waals surface area contributed by atoms with Gasteiger partial charge in [-0.3, -0.25) is 0 Å². The molecule has 0 aliphatic carbocycles. The summed E-state index contributed by atoms with van der Waals surface area (Å²) in [6.07, 6.45) is 3.63. The van der Waals surface area contributed by atoms with Crippen molar-refractivity contribution in [2.24, 2.45) is 0 Å². The Kier molecular flexibility index (Phi) is 5.22. The molecule has 0 saturated carbocycles. The number of benzene rings is 1. The number of hydrogen-bond donors (Lipinski definition) is 3. The lowest BCUT2D eigenvalue weighted by atomic mass is 10.2. The van der Waals surface area contributed by atoms with E-state index in [-0.39, 0.29) is 18.7 Å². The first kappa shape index (κ1) is 14.9. The number of aliphatic hydroxyl groups excluding tert-OH is 1. The molecule has 1 atom stereocenters. The lowest BCUT2D eigenvalue weighted by Crippen LogP contribution is -2.36. The van der Waals surface area contributed by atoms with E-state index in [0.717, 1.165) is 5.56 Å². The molecule has 21 heavy (non-hydrogen) atoms. The highest BCUT2D eigenvalue weighted by atomic mass is 16.3. The third-order valence-electron chi connectivity index (χ3n) is 2.88. The summed E-state index contributed by atoms with van der Waals surface area (Å²) in [7, 11) is 0. The zero-order chi connectivity index (χ0) is 15.1. The van der Waals surface area contributed by atoms with Crippen LogP contribution in [0.1, 0.15) is 13.3 Å². The molecule has 1 aromatic heterocycles. The van der Waals surface area contributed by atoms with Crippen LogP contribution in [0.4, 0.5) is 10.5 Å². The monoisotopic (exact) mass is 286 g/mol. The molecule has 3 N–H and O–H groups in total. The van der Waals surface area contributed by atoms with E-state index in [1.165, 1.54) is 0 Å². The molecule has 2 amide bonds. The van der Waals surface area contributed by atoms with Crippen molar-refractivity contribution in [3.63, 3.8) is 0 Å². The predicted octanol–water partition coefficient (Wildman–Crippen LogP) is 2.04. The largest absolute Gasteiger partial charge is 0.396 e. The maximum absolute atomic E-state index is 11.7. The minimum atomic E-state index is -0.341. The molecule has 0 unspecified atom stereocenters. The molecule has 6 nitrogen and oxygen atoms in total. The summed E-state index contributed by atoms with van der Waals surface area (Å²) in [5, 5.41) is 14.1. The molecule has 110 valence electrons. The quantitative estimate of drug-likeness (QED) is 0.785. The Bertz CT molecular complexity index is 572. The van der Waals surface area contributed by atoms with Gasteiger partial charge in [-0.15, -0.1) is 0 Å². The van der Waals surface area contributed by atoms with E-state index in [9.17, 15) is 4.79 Å². The zero-order valence-electron chi connectivity index (χ0n) is 11.8. The molecule has 1 aromatic carbocycles.